The van der Waals surface area contributed by atoms with Crippen molar-refractivity contribution in [2.45, 2.75) is 59.5 Å². The standard InChI is InChI=1S/C21H31N3O/c1-6-24(5)13-22-20-12-14(2)19(11-15(20)3)16(4)23-25-21(17-7-8-17)18-9-10-18/h11-13,17-18,21H,6-10H2,1-5H3/b22-13-,23-16+. The molecule has 0 radical (unpaired) electrons. The van der Waals surface area contributed by atoms with E-state index < -0.39 is 0 Å². The molecule has 4 heteroatoms. The molecule has 136 valence electrons. The van der Waals surface area contributed by atoms with Crippen LogP contribution in [0.3, 0.4) is 0 Å². The molecule has 0 aromatic heterocycles. The lowest BCUT2D eigenvalue weighted by Gasteiger charge is -2.15. The smallest absolute Gasteiger partial charge is 0.133 e. The highest BCUT2D eigenvalue weighted by Crippen LogP contribution is 2.46. The van der Waals surface area contributed by atoms with E-state index in [4.69, 9.17) is 4.84 Å². The second kappa shape index (κ2) is 7.59. The predicted molar refractivity (Wildman–Crippen MR) is 105 cm³/mol. The van der Waals surface area contributed by atoms with Crippen molar-refractivity contribution in [1.29, 1.82) is 0 Å². The molecule has 2 aliphatic rings. The first-order valence-corrected chi connectivity index (χ1v) is 9.56. The molecule has 0 N–H and O–H groups in total. The minimum atomic E-state index is 0.352. The summed E-state index contributed by atoms with van der Waals surface area (Å²) >= 11 is 0. The van der Waals surface area contributed by atoms with Crippen molar-refractivity contribution < 1.29 is 4.84 Å². The first-order valence-electron chi connectivity index (χ1n) is 9.56. The monoisotopic (exact) mass is 341 g/mol. The van der Waals surface area contributed by atoms with Crippen LogP contribution in [-0.4, -0.2) is 36.6 Å². The third-order valence-electron chi connectivity index (χ3n) is 5.31. The van der Waals surface area contributed by atoms with E-state index in [1.54, 1.807) is 0 Å². The van der Waals surface area contributed by atoms with Gasteiger partial charge in [0.2, 0.25) is 0 Å². The molecule has 0 bridgehead atoms. The Morgan fingerprint density at radius 1 is 1.20 bits per heavy atom. The van der Waals surface area contributed by atoms with Crippen LogP contribution in [0.2, 0.25) is 0 Å². The summed E-state index contributed by atoms with van der Waals surface area (Å²) in [5, 5.41) is 4.51. The Hall–Kier alpha value is -1.84. The van der Waals surface area contributed by atoms with Gasteiger partial charge in [0.1, 0.15) is 6.10 Å². The van der Waals surface area contributed by atoms with Gasteiger partial charge >= 0.3 is 0 Å². The highest BCUT2D eigenvalue weighted by atomic mass is 16.6. The quantitative estimate of drug-likeness (QED) is 0.385. The molecule has 0 unspecified atom stereocenters. The summed E-state index contributed by atoms with van der Waals surface area (Å²) < 4.78 is 0. The van der Waals surface area contributed by atoms with E-state index in [9.17, 15) is 0 Å². The first kappa shape index (κ1) is 18.0. The Bertz CT molecular complexity index is 660. The maximum Gasteiger partial charge on any atom is 0.133 e. The topological polar surface area (TPSA) is 37.2 Å². The van der Waals surface area contributed by atoms with Crippen LogP contribution < -0.4 is 0 Å². The van der Waals surface area contributed by atoms with E-state index in [-0.39, 0.29) is 0 Å². The zero-order valence-electron chi connectivity index (χ0n) is 16.2. The van der Waals surface area contributed by atoms with Gasteiger partial charge in [-0.1, -0.05) is 5.16 Å². The molecular formula is C21H31N3O. The van der Waals surface area contributed by atoms with E-state index in [0.717, 1.165) is 40.9 Å². The average molecular weight is 341 g/mol. The Morgan fingerprint density at radius 3 is 2.40 bits per heavy atom. The molecule has 0 amide bonds. The van der Waals surface area contributed by atoms with Gasteiger partial charge in [-0.3, -0.25) is 0 Å². The SMILES string of the molecule is CCN(C)/C=N\c1cc(C)c(/C(C)=N/OC(C2CC2)C2CC2)cc1C. The van der Waals surface area contributed by atoms with E-state index in [1.165, 1.54) is 31.2 Å². The van der Waals surface area contributed by atoms with Crippen LogP contribution in [0.25, 0.3) is 0 Å². The van der Waals surface area contributed by atoms with Crippen molar-refractivity contribution in [3.63, 3.8) is 0 Å². The Labute approximate surface area is 152 Å². The van der Waals surface area contributed by atoms with Crippen LogP contribution in [0, 0.1) is 25.7 Å². The van der Waals surface area contributed by atoms with Gasteiger partial charge in [-0.25, -0.2) is 4.99 Å². The fourth-order valence-electron chi connectivity index (χ4n) is 3.17. The predicted octanol–water partition coefficient (Wildman–Crippen LogP) is 4.84. The van der Waals surface area contributed by atoms with Gasteiger partial charge in [-0.05, 0) is 88.5 Å². The van der Waals surface area contributed by atoms with Gasteiger partial charge in [0.25, 0.3) is 0 Å². The van der Waals surface area contributed by atoms with Crippen molar-refractivity contribution in [1.82, 2.24) is 4.90 Å². The average Bonchev–Trinajstić information content (AvgIpc) is 3.48. The van der Waals surface area contributed by atoms with Gasteiger partial charge in [0.15, 0.2) is 0 Å². The molecule has 0 heterocycles. The van der Waals surface area contributed by atoms with Crippen molar-refractivity contribution >= 4 is 17.7 Å². The van der Waals surface area contributed by atoms with Crippen LogP contribution in [0.4, 0.5) is 5.69 Å². The van der Waals surface area contributed by atoms with Gasteiger partial charge in [-0.2, -0.15) is 0 Å². The maximum absolute atomic E-state index is 5.98. The molecule has 3 rings (SSSR count). The summed E-state index contributed by atoms with van der Waals surface area (Å²) in [7, 11) is 2.03. The number of nitrogens with zero attached hydrogens (tertiary/aromatic N) is 3. The number of aliphatic imine (C=N–C) groups is 1. The summed E-state index contributed by atoms with van der Waals surface area (Å²) in [6.07, 6.45) is 7.49. The van der Waals surface area contributed by atoms with Gasteiger partial charge < -0.3 is 9.74 Å². The molecule has 2 aliphatic carbocycles. The maximum atomic E-state index is 5.98. The van der Waals surface area contributed by atoms with Crippen molar-refractivity contribution in [3.05, 3.63) is 28.8 Å². The summed E-state index contributed by atoms with van der Waals surface area (Å²) in [6, 6.07) is 4.32. The molecule has 0 saturated heterocycles. The van der Waals surface area contributed by atoms with Crippen molar-refractivity contribution in [3.8, 4) is 0 Å². The highest BCUT2D eigenvalue weighted by molar-refractivity contribution is 6.00. The van der Waals surface area contributed by atoms with Crippen molar-refractivity contribution in [2.24, 2.45) is 22.0 Å². The van der Waals surface area contributed by atoms with Gasteiger partial charge in [0, 0.05) is 19.2 Å². The number of hydrogen-bond donors (Lipinski definition) is 0. The number of rotatable bonds is 8. The molecule has 2 saturated carbocycles. The van der Waals surface area contributed by atoms with Crippen LogP contribution in [-0.2, 0) is 4.84 Å². The number of oxime groups is 1. The zero-order valence-corrected chi connectivity index (χ0v) is 16.2. The molecule has 1 aromatic carbocycles. The second-order valence-electron chi connectivity index (χ2n) is 7.69. The van der Waals surface area contributed by atoms with E-state index in [1.807, 2.05) is 20.3 Å². The van der Waals surface area contributed by atoms with Gasteiger partial charge in [-0.15, -0.1) is 0 Å². The third kappa shape index (κ3) is 4.62. The summed E-state index contributed by atoms with van der Waals surface area (Å²) in [6.45, 7) is 9.34. The minimum absolute atomic E-state index is 0.352. The first-order chi connectivity index (χ1) is 12.0. The van der Waals surface area contributed by atoms with Crippen LogP contribution in [0.5, 0.6) is 0 Å². The highest BCUT2D eigenvalue weighted by Gasteiger charge is 2.43. The van der Waals surface area contributed by atoms with Crippen molar-refractivity contribution in [2.75, 3.05) is 13.6 Å². The van der Waals surface area contributed by atoms with Crippen LogP contribution >= 0.6 is 0 Å². The number of aryl methyl sites for hydroxylation is 2. The Morgan fingerprint density at radius 2 is 1.84 bits per heavy atom. The largest absolute Gasteiger partial charge is 0.392 e. The lowest BCUT2D eigenvalue weighted by atomic mass is 10.0. The Kier molecular flexibility index (Phi) is 5.45. The van der Waals surface area contributed by atoms with Gasteiger partial charge in [0.05, 0.1) is 17.7 Å². The fraction of sp³-hybridized carbons (Fsp3) is 0.619. The molecule has 25 heavy (non-hydrogen) atoms. The van der Waals surface area contributed by atoms with E-state index in [0.29, 0.717) is 6.10 Å². The molecule has 0 aliphatic heterocycles. The lowest BCUT2D eigenvalue weighted by molar-refractivity contribution is 0.0275. The zero-order chi connectivity index (χ0) is 18.0. The molecule has 2 fully saturated rings. The van der Waals surface area contributed by atoms with E-state index >= 15 is 0 Å². The Balaban J connectivity index is 1.73. The number of benzene rings is 1. The second-order valence-corrected chi connectivity index (χ2v) is 7.69. The molecule has 1 aromatic rings. The normalized spacial score (nSPS) is 18.2. The summed E-state index contributed by atoms with van der Waals surface area (Å²) in [4.78, 5) is 12.6. The van der Waals surface area contributed by atoms with Crippen LogP contribution in [0.1, 0.15) is 56.2 Å². The molecular weight excluding hydrogens is 310 g/mol. The number of hydrogen-bond acceptors (Lipinski definition) is 3. The third-order valence-corrected chi connectivity index (χ3v) is 5.31. The summed E-state index contributed by atoms with van der Waals surface area (Å²) in [5.41, 5.74) is 5.50. The minimum Gasteiger partial charge on any atom is -0.392 e. The summed E-state index contributed by atoms with van der Waals surface area (Å²) in [5.74, 6) is 1.50. The van der Waals surface area contributed by atoms with E-state index in [2.05, 4.69) is 48.0 Å². The molecule has 0 spiro atoms. The van der Waals surface area contributed by atoms with Crippen LogP contribution in [0.15, 0.2) is 22.3 Å². The fourth-order valence-corrected chi connectivity index (χ4v) is 3.17. The lowest BCUT2D eigenvalue weighted by Crippen LogP contribution is -2.16. The molecule has 0 atom stereocenters. The molecule has 4 nitrogen and oxygen atoms in total.